The molecule has 3 aromatic rings. The Morgan fingerprint density at radius 1 is 1.27 bits per heavy atom. The lowest BCUT2D eigenvalue weighted by molar-refractivity contribution is 0.0711. The summed E-state index contributed by atoms with van der Waals surface area (Å²) < 4.78 is 25.1. The number of hydrogen-bond donors (Lipinski definition) is 3. The number of thiophene rings is 1. The molecule has 0 spiro atoms. The van der Waals surface area contributed by atoms with E-state index in [-0.39, 0.29) is 34.1 Å². The fraction of sp³-hybridized carbons (Fsp3) is 0.176. The third kappa shape index (κ3) is 3.59. The molecule has 0 saturated carbocycles. The molecule has 0 atom stereocenters. The van der Waals surface area contributed by atoms with Gasteiger partial charge in [-0.15, -0.1) is 11.3 Å². The highest BCUT2D eigenvalue weighted by Crippen LogP contribution is 2.30. The molecule has 0 bridgehead atoms. The predicted molar refractivity (Wildman–Crippen MR) is 91.6 cm³/mol. The van der Waals surface area contributed by atoms with Gasteiger partial charge < -0.3 is 14.5 Å². The van der Waals surface area contributed by atoms with E-state index < -0.39 is 17.6 Å². The van der Waals surface area contributed by atoms with Crippen molar-refractivity contribution in [1.82, 2.24) is 10.8 Å². The number of furan rings is 1. The molecule has 9 heteroatoms. The minimum atomic E-state index is -0.704. The molecule has 3 rings (SSSR count). The van der Waals surface area contributed by atoms with Gasteiger partial charge in [0.25, 0.3) is 11.8 Å². The Morgan fingerprint density at radius 3 is 2.81 bits per heavy atom. The number of ether oxygens (including phenoxy) is 1. The highest BCUT2D eigenvalue weighted by molar-refractivity contribution is 7.20. The summed E-state index contributed by atoms with van der Waals surface area (Å²) in [6.45, 7) is 0.209. The zero-order valence-electron chi connectivity index (χ0n) is 13.7. The van der Waals surface area contributed by atoms with Crippen LogP contribution in [-0.2, 0) is 17.9 Å². The summed E-state index contributed by atoms with van der Waals surface area (Å²) in [6.07, 6.45) is 0. The van der Waals surface area contributed by atoms with Crippen molar-refractivity contribution < 1.29 is 28.3 Å². The summed E-state index contributed by atoms with van der Waals surface area (Å²) in [4.78, 5) is 23.7. The maximum absolute atomic E-state index is 14.6. The average molecular weight is 378 g/mol. The number of rotatable bonds is 6. The van der Waals surface area contributed by atoms with Crippen LogP contribution in [0.2, 0.25) is 0 Å². The number of halogens is 1. The zero-order valence-corrected chi connectivity index (χ0v) is 14.5. The molecule has 0 radical (unpaired) electrons. The van der Waals surface area contributed by atoms with E-state index in [1.165, 1.54) is 30.8 Å². The Balaban J connectivity index is 1.74. The summed E-state index contributed by atoms with van der Waals surface area (Å²) in [7, 11) is 1.52. The molecule has 3 N–H and O–H groups in total. The molecule has 2 amide bonds. The molecule has 136 valence electrons. The number of methoxy groups -OCH3 is 1. The van der Waals surface area contributed by atoms with Gasteiger partial charge in [-0.1, -0.05) is 12.1 Å². The summed E-state index contributed by atoms with van der Waals surface area (Å²) in [5, 5.41) is 11.8. The summed E-state index contributed by atoms with van der Waals surface area (Å²) in [6, 6.07) is 7.81. The Bertz CT molecular complexity index is 965. The third-order valence-electron chi connectivity index (χ3n) is 3.64. The highest BCUT2D eigenvalue weighted by Gasteiger charge is 2.16. The van der Waals surface area contributed by atoms with Crippen molar-refractivity contribution in [2.45, 2.75) is 13.2 Å². The maximum atomic E-state index is 14.6. The Kier molecular flexibility index (Phi) is 5.31. The van der Waals surface area contributed by atoms with E-state index >= 15 is 0 Å². The molecular formula is C17H15FN2O5S. The fourth-order valence-corrected chi connectivity index (χ4v) is 3.41. The lowest BCUT2D eigenvalue weighted by atomic mass is 10.1. The first-order chi connectivity index (χ1) is 12.5. The molecule has 2 aromatic heterocycles. The number of carbonyl (C=O) groups excluding carboxylic acids is 2. The van der Waals surface area contributed by atoms with Gasteiger partial charge in [-0.2, -0.15) is 0 Å². The van der Waals surface area contributed by atoms with Crippen molar-refractivity contribution in [2.24, 2.45) is 0 Å². The zero-order chi connectivity index (χ0) is 18.7. The number of hydroxylamine groups is 1. The van der Waals surface area contributed by atoms with Crippen LogP contribution >= 0.6 is 11.3 Å². The number of carbonyl (C=O) groups is 2. The Morgan fingerprint density at radius 2 is 2.08 bits per heavy atom. The summed E-state index contributed by atoms with van der Waals surface area (Å²) in [5.74, 6) is -1.08. The molecule has 0 fully saturated rings. The van der Waals surface area contributed by atoms with Gasteiger partial charge in [0.1, 0.15) is 18.2 Å². The number of amides is 2. The van der Waals surface area contributed by atoms with E-state index in [2.05, 4.69) is 5.32 Å². The van der Waals surface area contributed by atoms with Crippen LogP contribution in [0.4, 0.5) is 4.39 Å². The van der Waals surface area contributed by atoms with Crippen LogP contribution in [0.3, 0.4) is 0 Å². The minimum Gasteiger partial charge on any atom is -0.453 e. The summed E-state index contributed by atoms with van der Waals surface area (Å²) >= 11 is 0.918. The molecule has 2 heterocycles. The van der Waals surface area contributed by atoms with Crippen molar-refractivity contribution in [1.29, 1.82) is 0 Å². The van der Waals surface area contributed by atoms with E-state index in [0.717, 1.165) is 11.3 Å². The van der Waals surface area contributed by atoms with Gasteiger partial charge in [-0.05, 0) is 23.6 Å². The van der Waals surface area contributed by atoms with E-state index in [1.54, 1.807) is 12.1 Å². The van der Waals surface area contributed by atoms with Crippen LogP contribution in [0.25, 0.3) is 10.1 Å². The number of benzene rings is 1. The maximum Gasteiger partial charge on any atom is 0.287 e. The lowest BCUT2D eigenvalue weighted by Gasteiger charge is -2.05. The molecule has 0 saturated heterocycles. The molecular weight excluding hydrogens is 363 g/mol. The van der Waals surface area contributed by atoms with Gasteiger partial charge in [-0.25, -0.2) is 9.87 Å². The van der Waals surface area contributed by atoms with Gasteiger partial charge >= 0.3 is 0 Å². The monoisotopic (exact) mass is 378 g/mol. The molecule has 0 aliphatic carbocycles. The van der Waals surface area contributed by atoms with Crippen molar-refractivity contribution in [3.8, 4) is 0 Å². The molecule has 0 aliphatic heterocycles. The van der Waals surface area contributed by atoms with Crippen LogP contribution in [0.5, 0.6) is 0 Å². The Labute approximate surface area is 151 Å². The van der Waals surface area contributed by atoms with Gasteiger partial charge in [-0.3, -0.25) is 14.8 Å². The second-order valence-corrected chi connectivity index (χ2v) is 6.44. The molecule has 0 aliphatic rings. The largest absolute Gasteiger partial charge is 0.453 e. The topological polar surface area (TPSA) is 101 Å². The second-order valence-electron chi connectivity index (χ2n) is 5.39. The fourth-order valence-electron chi connectivity index (χ4n) is 2.40. The predicted octanol–water partition coefficient (Wildman–Crippen LogP) is 2.83. The van der Waals surface area contributed by atoms with E-state index in [4.69, 9.17) is 14.4 Å². The first kappa shape index (κ1) is 18.1. The van der Waals surface area contributed by atoms with Gasteiger partial charge in [0.2, 0.25) is 0 Å². The van der Waals surface area contributed by atoms with Gasteiger partial charge in [0.05, 0.1) is 9.58 Å². The van der Waals surface area contributed by atoms with Crippen LogP contribution in [-0.4, -0.2) is 24.1 Å². The SMILES string of the molecule is COCc1ccc(C(=O)NCc2ccc3cc(C(=O)NO)sc3c2F)o1. The second kappa shape index (κ2) is 7.65. The van der Waals surface area contributed by atoms with Crippen molar-refractivity contribution >= 4 is 33.2 Å². The van der Waals surface area contributed by atoms with Crippen LogP contribution in [0.1, 0.15) is 31.6 Å². The third-order valence-corrected chi connectivity index (χ3v) is 4.79. The highest BCUT2D eigenvalue weighted by atomic mass is 32.1. The quantitative estimate of drug-likeness (QED) is 0.452. The van der Waals surface area contributed by atoms with Crippen LogP contribution < -0.4 is 10.8 Å². The van der Waals surface area contributed by atoms with Gasteiger partial charge in [0, 0.05) is 19.2 Å². The first-order valence-electron chi connectivity index (χ1n) is 7.54. The molecule has 26 heavy (non-hydrogen) atoms. The van der Waals surface area contributed by atoms with Crippen molar-refractivity contribution in [2.75, 3.05) is 7.11 Å². The van der Waals surface area contributed by atoms with Crippen LogP contribution in [0, 0.1) is 5.82 Å². The summed E-state index contributed by atoms with van der Waals surface area (Å²) in [5.41, 5.74) is 1.79. The van der Waals surface area contributed by atoms with Crippen molar-refractivity contribution in [3.63, 3.8) is 0 Å². The van der Waals surface area contributed by atoms with Gasteiger partial charge in [0.15, 0.2) is 5.76 Å². The van der Waals surface area contributed by atoms with E-state index in [1.807, 2.05) is 0 Å². The minimum absolute atomic E-state index is 0.0413. The normalized spacial score (nSPS) is 10.9. The first-order valence-corrected chi connectivity index (χ1v) is 8.36. The standard InChI is InChI=1S/C17H15FN2O5S/c1-24-8-11-4-5-12(25-11)16(21)19-7-10-3-2-9-6-13(17(22)20-23)26-15(9)14(10)18/h2-6,23H,7-8H2,1H3,(H,19,21)(H,20,22). The molecule has 7 nitrogen and oxygen atoms in total. The number of nitrogens with one attached hydrogen (secondary N) is 2. The molecule has 0 unspecified atom stereocenters. The lowest BCUT2D eigenvalue weighted by Crippen LogP contribution is -2.22. The van der Waals surface area contributed by atoms with Crippen LogP contribution in [0.15, 0.2) is 34.7 Å². The molecule has 1 aromatic carbocycles. The number of fused-ring (bicyclic) bond motifs is 1. The van der Waals surface area contributed by atoms with E-state index in [9.17, 15) is 14.0 Å². The van der Waals surface area contributed by atoms with E-state index in [0.29, 0.717) is 11.1 Å². The smallest absolute Gasteiger partial charge is 0.287 e. The average Bonchev–Trinajstić information content (AvgIpc) is 3.28. The van der Waals surface area contributed by atoms with Crippen molar-refractivity contribution in [3.05, 3.63) is 58.1 Å². The Hall–Kier alpha value is -2.75. The number of hydrogen-bond acceptors (Lipinski definition) is 6.